The predicted molar refractivity (Wildman–Crippen MR) is 104 cm³/mol. The fourth-order valence-electron chi connectivity index (χ4n) is 2.39. The molecule has 0 spiro atoms. The van der Waals surface area contributed by atoms with Crippen LogP contribution in [0, 0.1) is 0 Å². The molecule has 136 valence electrons. The molecule has 0 unspecified atom stereocenters. The lowest BCUT2D eigenvalue weighted by Crippen LogP contribution is -2.28. The van der Waals surface area contributed by atoms with Gasteiger partial charge >= 0.3 is 0 Å². The summed E-state index contributed by atoms with van der Waals surface area (Å²) in [6.07, 6.45) is 0.196. The van der Waals surface area contributed by atoms with Crippen molar-refractivity contribution in [2.45, 2.75) is 24.3 Å². The Hall–Kier alpha value is -2.07. The third kappa shape index (κ3) is 4.55. The first kappa shape index (κ1) is 18.7. The molecule has 1 aromatic carbocycles. The van der Waals surface area contributed by atoms with E-state index in [4.69, 9.17) is 5.14 Å². The summed E-state index contributed by atoms with van der Waals surface area (Å²) in [5.41, 5.74) is 1.52. The first-order chi connectivity index (χ1) is 12.3. The van der Waals surface area contributed by atoms with Crippen LogP contribution in [0.5, 0.6) is 0 Å². The zero-order valence-corrected chi connectivity index (χ0v) is 16.3. The van der Waals surface area contributed by atoms with E-state index in [1.54, 1.807) is 23.5 Å². The monoisotopic (exact) mass is 407 g/mol. The number of thiophene rings is 1. The van der Waals surface area contributed by atoms with Gasteiger partial charge in [0, 0.05) is 5.38 Å². The molecule has 26 heavy (non-hydrogen) atoms. The Morgan fingerprint density at radius 2 is 1.96 bits per heavy atom. The molecule has 0 aliphatic rings. The van der Waals surface area contributed by atoms with Crippen molar-refractivity contribution >= 4 is 38.6 Å². The minimum Gasteiger partial charge on any atom is -0.349 e. The summed E-state index contributed by atoms with van der Waals surface area (Å²) >= 11 is 3.13. The average molecular weight is 408 g/mol. The lowest BCUT2D eigenvalue weighted by atomic mass is 10.1. The number of nitrogens with two attached hydrogens (primary N) is 1. The highest BCUT2D eigenvalue weighted by Gasteiger charge is 2.14. The Kier molecular flexibility index (Phi) is 5.52. The van der Waals surface area contributed by atoms with Gasteiger partial charge in [0.25, 0.3) is 0 Å². The number of thiazole rings is 1. The molecule has 0 fully saturated rings. The van der Waals surface area contributed by atoms with E-state index in [1.807, 2.05) is 29.8 Å². The Bertz CT molecular complexity index is 994. The molecule has 6 nitrogen and oxygen atoms in total. The molecule has 0 aliphatic heterocycles. The number of primary sulfonamides is 1. The second-order valence-electron chi connectivity index (χ2n) is 5.70. The number of sulfonamides is 1. The smallest absolute Gasteiger partial charge is 0.238 e. The lowest BCUT2D eigenvalue weighted by molar-refractivity contribution is -0.121. The maximum atomic E-state index is 12.3. The molecule has 0 radical (unpaired) electrons. The highest BCUT2D eigenvalue weighted by Crippen LogP contribution is 2.28. The molecule has 3 N–H and O–H groups in total. The summed E-state index contributed by atoms with van der Waals surface area (Å²) in [5.74, 6) is -0.143. The number of rotatable bonds is 6. The summed E-state index contributed by atoms with van der Waals surface area (Å²) in [5, 5.41) is 12.8. The van der Waals surface area contributed by atoms with Crippen LogP contribution in [0.4, 0.5) is 0 Å². The third-order valence-electron chi connectivity index (χ3n) is 3.71. The van der Waals surface area contributed by atoms with Gasteiger partial charge in [0.05, 0.1) is 27.9 Å². The number of nitrogens with one attached hydrogen (secondary N) is 1. The summed E-state index contributed by atoms with van der Waals surface area (Å²) in [4.78, 5) is 17.9. The van der Waals surface area contributed by atoms with Crippen LogP contribution in [0.25, 0.3) is 9.88 Å². The predicted octanol–water partition coefficient (Wildman–Crippen LogP) is 2.94. The van der Waals surface area contributed by atoms with Crippen molar-refractivity contribution < 1.29 is 13.2 Å². The van der Waals surface area contributed by atoms with Crippen molar-refractivity contribution in [3.63, 3.8) is 0 Å². The quantitative estimate of drug-likeness (QED) is 0.656. The Labute approximate surface area is 159 Å². The van der Waals surface area contributed by atoms with Crippen molar-refractivity contribution in [1.29, 1.82) is 0 Å². The third-order valence-corrected chi connectivity index (χ3v) is 6.57. The topological polar surface area (TPSA) is 102 Å². The van der Waals surface area contributed by atoms with Crippen LogP contribution in [-0.2, 0) is 21.2 Å². The zero-order chi connectivity index (χ0) is 18.7. The number of hydrogen-bond acceptors (Lipinski definition) is 6. The summed E-state index contributed by atoms with van der Waals surface area (Å²) in [6, 6.07) is 9.86. The number of carbonyl (C=O) groups excluding carboxylic acids is 1. The van der Waals surface area contributed by atoms with Gasteiger partial charge in [-0.1, -0.05) is 18.2 Å². The number of aromatic nitrogens is 1. The van der Waals surface area contributed by atoms with Gasteiger partial charge in [-0.2, -0.15) is 0 Å². The second kappa shape index (κ2) is 7.67. The highest BCUT2D eigenvalue weighted by molar-refractivity contribution is 7.89. The Morgan fingerprint density at radius 1 is 1.23 bits per heavy atom. The first-order valence-corrected chi connectivity index (χ1v) is 11.0. The summed E-state index contributed by atoms with van der Waals surface area (Å²) in [6.45, 7) is 1.84. The van der Waals surface area contributed by atoms with E-state index in [2.05, 4.69) is 10.3 Å². The van der Waals surface area contributed by atoms with Gasteiger partial charge in [0.1, 0.15) is 5.01 Å². The fraction of sp³-hybridized carbons (Fsp3) is 0.176. The maximum absolute atomic E-state index is 12.3. The van der Waals surface area contributed by atoms with Gasteiger partial charge in [-0.3, -0.25) is 4.79 Å². The van der Waals surface area contributed by atoms with Gasteiger partial charge in [0.2, 0.25) is 15.9 Å². The molecular formula is C17H17N3O3S3. The van der Waals surface area contributed by atoms with Crippen LogP contribution in [0.15, 0.2) is 52.1 Å². The molecule has 1 amide bonds. The molecule has 2 heterocycles. The largest absolute Gasteiger partial charge is 0.349 e. The SMILES string of the molecule is C[C@@H](NC(=O)Cc1csc(-c2cccs2)n1)c1ccc(S(N)(=O)=O)cc1. The minimum absolute atomic E-state index is 0.0448. The van der Waals surface area contributed by atoms with Crippen molar-refractivity contribution in [3.05, 3.63) is 58.4 Å². The number of nitrogens with zero attached hydrogens (tertiary/aromatic N) is 1. The summed E-state index contributed by atoms with van der Waals surface area (Å²) < 4.78 is 22.6. The van der Waals surface area contributed by atoms with Gasteiger partial charge < -0.3 is 5.32 Å². The molecule has 0 bridgehead atoms. The van der Waals surface area contributed by atoms with Gasteiger partial charge in [-0.25, -0.2) is 18.5 Å². The molecule has 3 aromatic rings. The maximum Gasteiger partial charge on any atom is 0.238 e. The number of hydrogen-bond donors (Lipinski definition) is 2. The Morgan fingerprint density at radius 3 is 2.58 bits per heavy atom. The number of amides is 1. The molecule has 9 heteroatoms. The van der Waals surface area contributed by atoms with Crippen LogP contribution in [-0.4, -0.2) is 19.3 Å². The van der Waals surface area contributed by atoms with Gasteiger partial charge in [-0.15, -0.1) is 22.7 Å². The minimum atomic E-state index is -3.72. The van der Waals surface area contributed by atoms with Gasteiger partial charge in [0.15, 0.2) is 0 Å². The van der Waals surface area contributed by atoms with E-state index in [-0.39, 0.29) is 23.3 Å². The van der Waals surface area contributed by atoms with E-state index >= 15 is 0 Å². The van der Waals surface area contributed by atoms with Crippen molar-refractivity contribution in [2.24, 2.45) is 5.14 Å². The first-order valence-electron chi connectivity index (χ1n) is 7.73. The van der Waals surface area contributed by atoms with E-state index in [0.29, 0.717) is 0 Å². The van der Waals surface area contributed by atoms with Crippen LogP contribution in [0.2, 0.25) is 0 Å². The molecule has 0 saturated carbocycles. The normalized spacial score (nSPS) is 12.7. The molecule has 0 aliphatic carbocycles. The fourth-order valence-corrected chi connectivity index (χ4v) is 4.54. The molecule has 2 aromatic heterocycles. The van der Waals surface area contributed by atoms with Crippen LogP contribution >= 0.6 is 22.7 Å². The van der Waals surface area contributed by atoms with Crippen LogP contribution < -0.4 is 10.5 Å². The molecule has 1 atom stereocenters. The molecular weight excluding hydrogens is 390 g/mol. The van der Waals surface area contributed by atoms with E-state index in [9.17, 15) is 13.2 Å². The summed E-state index contributed by atoms with van der Waals surface area (Å²) in [7, 11) is -3.72. The van der Waals surface area contributed by atoms with Crippen molar-refractivity contribution in [2.75, 3.05) is 0 Å². The van der Waals surface area contributed by atoms with Crippen molar-refractivity contribution in [1.82, 2.24) is 10.3 Å². The van der Waals surface area contributed by atoms with E-state index < -0.39 is 10.0 Å². The zero-order valence-electron chi connectivity index (χ0n) is 13.9. The number of carbonyl (C=O) groups is 1. The average Bonchev–Trinajstić information content (AvgIpc) is 3.25. The van der Waals surface area contributed by atoms with Crippen molar-refractivity contribution in [3.8, 4) is 9.88 Å². The number of benzene rings is 1. The van der Waals surface area contributed by atoms with E-state index in [1.165, 1.54) is 23.5 Å². The standard InChI is InChI=1S/C17H17N3O3S3/c1-11(12-4-6-14(7-5-12)26(18,22)23)19-16(21)9-13-10-25-17(20-13)15-3-2-8-24-15/h2-8,10-11H,9H2,1H3,(H,19,21)(H2,18,22,23)/t11-/m1/s1. The van der Waals surface area contributed by atoms with Gasteiger partial charge in [-0.05, 0) is 36.1 Å². The lowest BCUT2D eigenvalue weighted by Gasteiger charge is -2.14. The second-order valence-corrected chi connectivity index (χ2v) is 9.07. The van der Waals surface area contributed by atoms with Crippen LogP contribution in [0.1, 0.15) is 24.2 Å². The Balaban J connectivity index is 1.61. The molecule has 3 rings (SSSR count). The molecule has 0 saturated heterocycles. The van der Waals surface area contributed by atoms with Crippen LogP contribution in [0.3, 0.4) is 0 Å². The highest BCUT2D eigenvalue weighted by atomic mass is 32.2. The van der Waals surface area contributed by atoms with E-state index in [0.717, 1.165) is 21.1 Å².